The number of hydrogen-bond acceptors (Lipinski definition) is 6. The van der Waals surface area contributed by atoms with Gasteiger partial charge in [0.25, 0.3) is 0 Å². The molecule has 0 aromatic heterocycles. The summed E-state index contributed by atoms with van der Waals surface area (Å²) < 4.78 is 21.7. The molecule has 0 aliphatic heterocycles. The van der Waals surface area contributed by atoms with Crippen LogP contribution in [0.25, 0.3) is 0 Å². The normalized spacial score (nSPS) is 17.6. The first kappa shape index (κ1) is 28.8. The van der Waals surface area contributed by atoms with Gasteiger partial charge in [-0.05, 0) is 52.0 Å². The van der Waals surface area contributed by atoms with E-state index >= 15 is 0 Å². The summed E-state index contributed by atoms with van der Waals surface area (Å²) in [6, 6.07) is 0. The first-order chi connectivity index (χ1) is 14.1. The first-order valence-corrected chi connectivity index (χ1v) is 12.2. The third kappa shape index (κ3) is 11.2. The van der Waals surface area contributed by atoms with Gasteiger partial charge in [0.15, 0.2) is 0 Å². The van der Waals surface area contributed by atoms with Crippen molar-refractivity contribution in [2.75, 3.05) is 39.4 Å². The average molecular weight is 451 g/mol. The summed E-state index contributed by atoms with van der Waals surface area (Å²) in [7, 11) is -3.82. The molecule has 1 rings (SSSR count). The molecule has 0 heterocycles. The molecule has 2 N–H and O–H groups in total. The molecule has 1 saturated carbocycles. The predicted molar refractivity (Wildman–Crippen MR) is 111 cm³/mol. The Morgan fingerprint density at radius 2 is 1.60 bits per heavy atom. The van der Waals surface area contributed by atoms with Crippen molar-refractivity contribution in [1.82, 2.24) is 0 Å². The average Bonchev–Trinajstić information content (AvgIpc) is 2.70. The lowest BCUT2D eigenvalue weighted by Gasteiger charge is -2.35. The van der Waals surface area contributed by atoms with Gasteiger partial charge < -0.3 is 24.4 Å². The standard InChI is InChI=1S/C10H24NO4P.C10H14O4/c1-5-11(6-2,7-3)9-10-15-16(12,13)14-8-4;11-9(12)6-8(10(13)14)7-4-2-1-3-5-7/h5-10H2,1-4H3;6-7H,1-5H2,(H,11,12)(H,13,14)/b;8-6+. The van der Waals surface area contributed by atoms with E-state index in [0.717, 1.165) is 68.8 Å². The summed E-state index contributed by atoms with van der Waals surface area (Å²) in [5.74, 6) is -2.70. The molecule has 10 heteroatoms. The minimum atomic E-state index is -3.82. The van der Waals surface area contributed by atoms with Gasteiger partial charge in [0.05, 0.1) is 32.2 Å². The van der Waals surface area contributed by atoms with Gasteiger partial charge in [-0.3, -0.25) is 9.05 Å². The molecule has 0 radical (unpaired) electrons. The number of aliphatic carboxylic acids is 2. The van der Waals surface area contributed by atoms with Gasteiger partial charge >= 0.3 is 13.8 Å². The lowest BCUT2D eigenvalue weighted by atomic mass is 9.83. The maximum Gasteiger partial charge on any atom is 0.472 e. The number of likely N-dealkylation sites (N-methyl/N-ethyl adjacent to an activating group) is 1. The first-order valence-electron chi connectivity index (χ1n) is 10.7. The van der Waals surface area contributed by atoms with Crippen molar-refractivity contribution >= 4 is 19.8 Å². The minimum absolute atomic E-state index is 0.0581. The predicted octanol–water partition coefficient (Wildman–Crippen LogP) is 2.34. The fraction of sp³-hybridized carbons (Fsp3) is 0.800. The number of quaternary nitrogens is 1. The van der Waals surface area contributed by atoms with E-state index in [-0.39, 0.29) is 24.7 Å². The van der Waals surface area contributed by atoms with Crippen molar-refractivity contribution in [3.8, 4) is 0 Å². The van der Waals surface area contributed by atoms with Crippen LogP contribution in [0.4, 0.5) is 0 Å². The lowest BCUT2D eigenvalue weighted by Crippen LogP contribution is -2.49. The van der Waals surface area contributed by atoms with Gasteiger partial charge in [-0.2, -0.15) is 0 Å². The van der Waals surface area contributed by atoms with Crippen LogP contribution in [0, 0.1) is 5.92 Å². The molecule has 1 fully saturated rings. The van der Waals surface area contributed by atoms with Crippen molar-refractivity contribution in [2.24, 2.45) is 5.92 Å². The van der Waals surface area contributed by atoms with Crippen LogP contribution >= 0.6 is 7.82 Å². The molecule has 1 aliphatic rings. The SMILES string of the molecule is CCOP(=O)(O)OCC[N+](CC)(CC)CC.O=C(O)/C=C(/C(=O)[O-])C1CCCCC1. The Kier molecular flexibility index (Phi) is 14.1. The fourth-order valence-corrected chi connectivity index (χ4v) is 4.30. The summed E-state index contributed by atoms with van der Waals surface area (Å²) in [5, 5.41) is 19.2. The second-order valence-corrected chi connectivity index (χ2v) is 8.75. The molecular formula is C20H38NO8P. The summed E-state index contributed by atoms with van der Waals surface area (Å²) in [5.41, 5.74) is -0.0581. The van der Waals surface area contributed by atoms with Crippen molar-refractivity contribution in [3.05, 3.63) is 11.6 Å². The Balaban J connectivity index is 0.000000564. The molecule has 0 amide bonds. The Bertz CT molecular complexity index is 589. The second kappa shape index (κ2) is 14.7. The molecular weight excluding hydrogens is 413 g/mol. The zero-order valence-electron chi connectivity index (χ0n) is 18.7. The highest BCUT2D eigenvalue weighted by molar-refractivity contribution is 7.47. The van der Waals surface area contributed by atoms with Gasteiger partial charge in [-0.25, -0.2) is 9.36 Å². The smallest absolute Gasteiger partial charge is 0.472 e. The van der Waals surface area contributed by atoms with Crippen LogP contribution in [0.3, 0.4) is 0 Å². The molecule has 176 valence electrons. The van der Waals surface area contributed by atoms with Gasteiger partial charge in [-0.1, -0.05) is 19.3 Å². The van der Waals surface area contributed by atoms with E-state index in [4.69, 9.17) is 9.63 Å². The van der Waals surface area contributed by atoms with E-state index in [9.17, 15) is 24.2 Å². The van der Waals surface area contributed by atoms with E-state index in [1.807, 2.05) is 0 Å². The Morgan fingerprint density at radius 1 is 1.07 bits per heavy atom. The maximum atomic E-state index is 11.3. The number of carboxylic acids is 2. The van der Waals surface area contributed by atoms with E-state index in [1.165, 1.54) is 0 Å². The number of carboxylic acid groups (broad SMARTS) is 2. The van der Waals surface area contributed by atoms with Gasteiger partial charge in [-0.15, -0.1) is 0 Å². The number of carbonyl (C=O) groups excluding carboxylic acids is 1. The summed E-state index contributed by atoms with van der Waals surface area (Å²) in [4.78, 5) is 30.3. The molecule has 0 aromatic rings. The van der Waals surface area contributed by atoms with Gasteiger partial charge in [0.2, 0.25) is 0 Å². The second-order valence-electron chi connectivity index (χ2n) is 7.29. The van der Waals surface area contributed by atoms with Gasteiger partial charge in [0.1, 0.15) is 13.2 Å². The fourth-order valence-electron chi connectivity index (χ4n) is 3.59. The van der Waals surface area contributed by atoms with E-state index in [0.29, 0.717) is 0 Å². The van der Waals surface area contributed by atoms with Crippen LogP contribution < -0.4 is 5.11 Å². The number of hydrogen-bond donors (Lipinski definition) is 2. The van der Waals surface area contributed by atoms with Crippen LogP contribution in [-0.4, -0.2) is 65.8 Å². The van der Waals surface area contributed by atoms with Gasteiger partial charge in [0, 0.05) is 6.08 Å². The highest BCUT2D eigenvalue weighted by atomic mass is 31.2. The van der Waals surface area contributed by atoms with E-state index < -0.39 is 19.8 Å². The van der Waals surface area contributed by atoms with E-state index in [1.54, 1.807) is 6.92 Å². The number of nitrogens with zero attached hydrogens (tertiary/aromatic N) is 1. The number of phosphoric ester groups is 1. The van der Waals surface area contributed by atoms with Crippen LogP contribution in [0.1, 0.15) is 59.8 Å². The molecule has 0 saturated heterocycles. The summed E-state index contributed by atoms with van der Waals surface area (Å²) in [6.45, 7) is 12.2. The van der Waals surface area contributed by atoms with Crippen LogP contribution in [-0.2, 0) is 23.2 Å². The Hall–Kier alpha value is -1.25. The Labute approximate surface area is 179 Å². The highest BCUT2D eigenvalue weighted by Crippen LogP contribution is 2.42. The molecule has 0 spiro atoms. The molecule has 1 aliphatic carbocycles. The summed E-state index contributed by atoms with van der Waals surface area (Å²) >= 11 is 0. The van der Waals surface area contributed by atoms with E-state index in [2.05, 4.69) is 25.3 Å². The van der Waals surface area contributed by atoms with Crippen LogP contribution in [0.15, 0.2) is 11.6 Å². The van der Waals surface area contributed by atoms with Crippen molar-refractivity contribution in [3.63, 3.8) is 0 Å². The third-order valence-corrected chi connectivity index (χ3v) is 6.78. The zero-order valence-corrected chi connectivity index (χ0v) is 19.6. The zero-order chi connectivity index (χ0) is 23.2. The van der Waals surface area contributed by atoms with Crippen molar-refractivity contribution in [2.45, 2.75) is 59.8 Å². The summed E-state index contributed by atoms with van der Waals surface area (Å²) in [6.07, 6.45) is 5.32. The lowest BCUT2D eigenvalue weighted by molar-refractivity contribution is -0.923. The number of carbonyl (C=O) groups is 2. The molecule has 0 bridgehead atoms. The quantitative estimate of drug-likeness (QED) is 0.262. The molecule has 0 aromatic carbocycles. The Morgan fingerprint density at radius 3 is 2.00 bits per heavy atom. The topological polar surface area (TPSA) is 133 Å². The number of phosphoric acid groups is 1. The molecule has 1 atom stereocenters. The number of rotatable bonds is 12. The molecule has 30 heavy (non-hydrogen) atoms. The van der Waals surface area contributed by atoms with Crippen LogP contribution in [0.5, 0.6) is 0 Å². The van der Waals surface area contributed by atoms with Crippen LogP contribution in [0.2, 0.25) is 0 Å². The minimum Gasteiger partial charge on any atom is -0.545 e. The monoisotopic (exact) mass is 451 g/mol. The largest absolute Gasteiger partial charge is 0.545 e. The van der Waals surface area contributed by atoms with Crippen molar-refractivity contribution < 1.29 is 42.8 Å². The molecule has 1 unspecified atom stereocenters. The molecule has 9 nitrogen and oxygen atoms in total. The highest BCUT2D eigenvalue weighted by Gasteiger charge is 2.25. The van der Waals surface area contributed by atoms with Crippen molar-refractivity contribution in [1.29, 1.82) is 0 Å². The third-order valence-electron chi connectivity index (χ3n) is 5.68. The maximum absolute atomic E-state index is 11.3.